The van der Waals surface area contributed by atoms with Crippen LogP contribution in [-0.2, 0) is 15.6 Å². The summed E-state index contributed by atoms with van der Waals surface area (Å²) < 4.78 is 39.5. The lowest BCUT2D eigenvalue weighted by Crippen LogP contribution is -2.61. The molecule has 0 bridgehead atoms. The van der Waals surface area contributed by atoms with E-state index in [0.29, 0.717) is 16.8 Å². The van der Waals surface area contributed by atoms with Crippen LogP contribution >= 0.6 is 0 Å². The van der Waals surface area contributed by atoms with Crippen molar-refractivity contribution in [3.8, 4) is 5.75 Å². The molecule has 0 aromatic heterocycles. The zero-order valence-electron chi connectivity index (χ0n) is 16.2. The molecule has 4 atom stereocenters. The van der Waals surface area contributed by atoms with Gasteiger partial charge in [0.05, 0.1) is 17.9 Å². The van der Waals surface area contributed by atoms with Crippen molar-refractivity contribution in [3.63, 3.8) is 0 Å². The Morgan fingerprint density at radius 3 is 2.03 bits per heavy atom. The summed E-state index contributed by atoms with van der Waals surface area (Å²) in [5.74, 6) is -1.45. The van der Waals surface area contributed by atoms with Crippen molar-refractivity contribution in [3.05, 3.63) is 95.6 Å². The van der Waals surface area contributed by atoms with E-state index in [1.807, 2.05) is 0 Å². The lowest BCUT2D eigenvalue weighted by Gasteiger charge is -2.47. The largest absolute Gasteiger partial charge is 0.508 e. The molecule has 0 spiro atoms. The minimum absolute atomic E-state index is 0.0483. The molecule has 3 aromatic carbocycles. The van der Waals surface area contributed by atoms with E-state index >= 15 is 0 Å². The molecule has 5 nitrogen and oxygen atoms in total. The zero-order valence-corrected chi connectivity index (χ0v) is 17.0. The number of halogens is 2. The second-order valence-corrected chi connectivity index (χ2v) is 8.86. The fraction of sp³-hybridized carbons (Fsp3) is 0.174. The zero-order chi connectivity index (χ0) is 22.1. The minimum Gasteiger partial charge on any atom is -0.508 e. The number of phenols is 1. The number of rotatable bonds is 6. The molecule has 160 valence electrons. The van der Waals surface area contributed by atoms with Crippen LogP contribution in [0.5, 0.6) is 5.75 Å². The summed E-state index contributed by atoms with van der Waals surface area (Å²) in [5.41, 5.74) is 1.51. The number of carbonyl (C=O) groups excluding carboxylic acids is 1. The van der Waals surface area contributed by atoms with Crippen molar-refractivity contribution < 1.29 is 28.0 Å². The highest BCUT2D eigenvalue weighted by Crippen LogP contribution is 2.42. The first-order valence-electron chi connectivity index (χ1n) is 9.53. The molecule has 0 saturated carbocycles. The number of amides is 1. The predicted molar refractivity (Wildman–Crippen MR) is 113 cm³/mol. The van der Waals surface area contributed by atoms with Crippen LogP contribution in [0.25, 0.3) is 0 Å². The molecule has 2 N–H and O–H groups in total. The molecule has 1 amide bonds. The fourth-order valence-electron chi connectivity index (χ4n) is 3.64. The molecule has 31 heavy (non-hydrogen) atoms. The molecular weight excluding hydrogens is 424 g/mol. The highest BCUT2D eigenvalue weighted by Gasteiger charge is 2.52. The predicted octanol–water partition coefficient (Wildman–Crippen LogP) is 3.61. The second kappa shape index (κ2) is 8.56. The van der Waals surface area contributed by atoms with Gasteiger partial charge in [-0.2, -0.15) is 0 Å². The third kappa shape index (κ3) is 4.22. The molecule has 0 aliphatic carbocycles. The van der Waals surface area contributed by atoms with E-state index in [1.54, 1.807) is 12.1 Å². The van der Waals surface area contributed by atoms with Gasteiger partial charge in [0.15, 0.2) is 0 Å². The number of nitrogens with zero attached hydrogens (tertiary/aromatic N) is 1. The van der Waals surface area contributed by atoms with Crippen molar-refractivity contribution in [1.82, 2.24) is 0 Å². The number of hydrogen-bond donors (Lipinski definition) is 2. The third-order valence-corrected chi connectivity index (χ3v) is 6.92. The summed E-state index contributed by atoms with van der Waals surface area (Å²) in [5, 5.41) is 19.1. The van der Waals surface area contributed by atoms with E-state index in [2.05, 4.69) is 0 Å². The maximum atomic E-state index is 13.3. The number of hydrogen-bond acceptors (Lipinski definition) is 4. The van der Waals surface area contributed by atoms with Gasteiger partial charge < -0.3 is 15.1 Å². The molecule has 3 unspecified atom stereocenters. The van der Waals surface area contributed by atoms with Gasteiger partial charge in [-0.3, -0.25) is 9.00 Å². The second-order valence-electron chi connectivity index (χ2n) is 7.26. The number of aromatic hydroxyl groups is 1. The van der Waals surface area contributed by atoms with Gasteiger partial charge in [0, 0.05) is 16.5 Å². The van der Waals surface area contributed by atoms with Gasteiger partial charge in [-0.05, 0) is 59.7 Å². The van der Waals surface area contributed by atoms with Gasteiger partial charge >= 0.3 is 0 Å². The number of aliphatic hydroxyl groups is 1. The summed E-state index contributed by atoms with van der Waals surface area (Å²) in [7, 11) is -1.75. The van der Waals surface area contributed by atoms with Crippen LogP contribution < -0.4 is 4.90 Å². The van der Waals surface area contributed by atoms with Gasteiger partial charge in [-0.25, -0.2) is 8.78 Å². The topological polar surface area (TPSA) is 77.8 Å². The Labute approximate surface area is 180 Å². The maximum Gasteiger partial charge on any atom is 0.245 e. The molecule has 1 saturated heterocycles. The highest BCUT2D eigenvalue weighted by molar-refractivity contribution is 7.86. The standard InChI is InChI=1S/C23H19F2NO4S/c24-16-5-1-14(2-6-16)20(28)13-31(30)22-21(15-3-11-19(27)12-4-15)26(23(22)29)18-9-7-17(25)8-10-18/h1-12,20-22,27-28H,13H2/t20-,21?,22?,31?/m0/s1. The van der Waals surface area contributed by atoms with Crippen LogP contribution in [0.15, 0.2) is 72.8 Å². The Hall–Kier alpha value is -3.10. The van der Waals surface area contributed by atoms with Crippen LogP contribution in [0.2, 0.25) is 0 Å². The first kappa shape index (κ1) is 21.1. The SMILES string of the molecule is O=C1C(S(=O)C[C@H](O)c2ccc(F)cc2)C(c2ccc(O)cc2)N1c1ccc(F)cc1. The smallest absolute Gasteiger partial charge is 0.245 e. The summed E-state index contributed by atoms with van der Waals surface area (Å²) in [6, 6.07) is 16.2. The first-order chi connectivity index (χ1) is 14.8. The average molecular weight is 443 g/mol. The van der Waals surface area contributed by atoms with Crippen molar-refractivity contribution in [2.24, 2.45) is 0 Å². The molecule has 4 rings (SSSR count). The van der Waals surface area contributed by atoms with Crippen LogP contribution in [0.1, 0.15) is 23.3 Å². The minimum atomic E-state index is -1.75. The van der Waals surface area contributed by atoms with Crippen molar-refractivity contribution in [2.75, 3.05) is 10.7 Å². The lowest BCUT2D eigenvalue weighted by atomic mass is 9.92. The van der Waals surface area contributed by atoms with Crippen LogP contribution in [-0.4, -0.2) is 31.3 Å². The number of anilines is 1. The Morgan fingerprint density at radius 1 is 0.903 bits per heavy atom. The van der Waals surface area contributed by atoms with E-state index in [-0.39, 0.29) is 11.5 Å². The van der Waals surface area contributed by atoms with E-state index in [1.165, 1.54) is 65.6 Å². The van der Waals surface area contributed by atoms with Gasteiger partial charge in [0.2, 0.25) is 5.91 Å². The lowest BCUT2D eigenvalue weighted by molar-refractivity contribution is -0.123. The fourth-order valence-corrected chi connectivity index (χ4v) is 5.26. The van der Waals surface area contributed by atoms with E-state index < -0.39 is 45.7 Å². The van der Waals surface area contributed by atoms with Gasteiger partial charge in [-0.15, -0.1) is 0 Å². The maximum absolute atomic E-state index is 13.3. The molecule has 1 fully saturated rings. The Kier molecular flexibility index (Phi) is 5.84. The Balaban J connectivity index is 1.61. The summed E-state index contributed by atoms with van der Waals surface area (Å²) in [6.45, 7) is 0. The van der Waals surface area contributed by atoms with Crippen molar-refractivity contribution in [2.45, 2.75) is 17.4 Å². The highest BCUT2D eigenvalue weighted by atomic mass is 32.2. The Morgan fingerprint density at radius 2 is 1.45 bits per heavy atom. The molecule has 0 radical (unpaired) electrons. The summed E-state index contributed by atoms with van der Waals surface area (Å²) >= 11 is 0. The van der Waals surface area contributed by atoms with E-state index in [0.717, 1.165) is 0 Å². The molecule has 8 heteroatoms. The number of benzene rings is 3. The number of carbonyl (C=O) groups is 1. The van der Waals surface area contributed by atoms with E-state index in [9.17, 15) is 28.0 Å². The molecule has 1 heterocycles. The van der Waals surface area contributed by atoms with Crippen LogP contribution in [0.3, 0.4) is 0 Å². The molecular formula is C23H19F2NO4S. The number of phenolic OH excluding ortho intramolecular Hbond substituents is 1. The number of aliphatic hydroxyl groups excluding tert-OH is 1. The Bertz CT molecular complexity index is 1100. The monoisotopic (exact) mass is 443 g/mol. The van der Waals surface area contributed by atoms with Crippen LogP contribution in [0.4, 0.5) is 14.5 Å². The number of β-lactam (4-membered cyclic amide) rings is 1. The van der Waals surface area contributed by atoms with Crippen molar-refractivity contribution >= 4 is 22.4 Å². The van der Waals surface area contributed by atoms with Gasteiger partial charge in [-0.1, -0.05) is 24.3 Å². The summed E-state index contributed by atoms with van der Waals surface area (Å²) in [6.07, 6.45) is -1.13. The molecule has 1 aliphatic heterocycles. The molecule has 1 aliphatic rings. The average Bonchev–Trinajstić information content (AvgIpc) is 2.74. The van der Waals surface area contributed by atoms with Crippen LogP contribution in [0, 0.1) is 11.6 Å². The third-order valence-electron chi connectivity index (χ3n) is 5.25. The molecule has 3 aromatic rings. The van der Waals surface area contributed by atoms with Crippen molar-refractivity contribution in [1.29, 1.82) is 0 Å². The normalized spacial score (nSPS) is 20.2. The first-order valence-corrected chi connectivity index (χ1v) is 10.9. The van der Waals surface area contributed by atoms with Gasteiger partial charge in [0.1, 0.15) is 22.6 Å². The quantitative estimate of drug-likeness (QED) is 0.571. The van der Waals surface area contributed by atoms with E-state index in [4.69, 9.17) is 0 Å². The summed E-state index contributed by atoms with van der Waals surface area (Å²) in [4.78, 5) is 14.4. The van der Waals surface area contributed by atoms with Gasteiger partial charge in [0.25, 0.3) is 0 Å².